The molecule has 1 atom stereocenters. The number of hydrogen-bond donors (Lipinski definition) is 1. The van der Waals surface area contributed by atoms with Crippen LogP contribution in [0.2, 0.25) is 0 Å². The van der Waals surface area contributed by atoms with Crippen molar-refractivity contribution < 1.29 is 4.39 Å². The highest BCUT2D eigenvalue weighted by Crippen LogP contribution is 2.24. The Bertz CT molecular complexity index is 351. The van der Waals surface area contributed by atoms with Gasteiger partial charge in [-0.05, 0) is 37.2 Å². The van der Waals surface area contributed by atoms with Crippen molar-refractivity contribution in [3.8, 4) is 0 Å². The van der Waals surface area contributed by atoms with Gasteiger partial charge in [-0.15, -0.1) is 0 Å². The summed E-state index contributed by atoms with van der Waals surface area (Å²) < 4.78 is 13.2. The van der Waals surface area contributed by atoms with Gasteiger partial charge in [0.1, 0.15) is 5.82 Å². The molecule has 0 spiro atoms. The third-order valence-electron chi connectivity index (χ3n) is 3.11. The molecule has 0 radical (unpaired) electrons. The maximum atomic E-state index is 13.2. The lowest BCUT2D eigenvalue weighted by atomic mass is 9.99. The molecule has 3 heteroatoms. The summed E-state index contributed by atoms with van der Waals surface area (Å²) in [6, 6.07) is 5.33. The molecular formula is C12H17FN2. The van der Waals surface area contributed by atoms with Crippen LogP contribution in [0.4, 0.5) is 4.39 Å². The van der Waals surface area contributed by atoms with E-state index >= 15 is 0 Å². The number of aryl methyl sites for hydroxylation is 1. The number of nitrogens with one attached hydrogen (secondary N) is 1. The first kappa shape index (κ1) is 10.6. The SMILES string of the molecule is Cc1ccc(F)cc1C1CNCCN1C. The molecule has 1 saturated heterocycles. The first-order chi connectivity index (χ1) is 7.18. The van der Waals surface area contributed by atoms with Crippen molar-refractivity contribution in [1.82, 2.24) is 10.2 Å². The van der Waals surface area contributed by atoms with Crippen LogP contribution in [-0.2, 0) is 0 Å². The zero-order valence-corrected chi connectivity index (χ0v) is 9.26. The van der Waals surface area contributed by atoms with Gasteiger partial charge in [-0.3, -0.25) is 4.90 Å². The molecule has 0 amide bonds. The van der Waals surface area contributed by atoms with Crippen LogP contribution in [0.25, 0.3) is 0 Å². The molecular weight excluding hydrogens is 191 g/mol. The number of benzene rings is 1. The number of halogens is 1. The molecule has 1 aromatic carbocycles. The lowest BCUT2D eigenvalue weighted by Gasteiger charge is -2.34. The number of hydrogen-bond acceptors (Lipinski definition) is 2. The molecule has 1 heterocycles. The second kappa shape index (κ2) is 4.29. The minimum Gasteiger partial charge on any atom is -0.314 e. The van der Waals surface area contributed by atoms with Crippen LogP contribution in [0.5, 0.6) is 0 Å². The van der Waals surface area contributed by atoms with Crippen molar-refractivity contribution >= 4 is 0 Å². The standard InChI is InChI=1S/C12H17FN2/c1-9-3-4-10(13)7-11(9)12-8-14-5-6-15(12)2/h3-4,7,12,14H,5-6,8H2,1-2H3. The molecule has 1 aliphatic heterocycles. The number of piperazine rings is 1. The van der Waals surface area contributed by atoms with E-state index in [-0.39, 0.29) is 5.82 Å². The maximum Gasteiger partial charge on any atom is 0.123 e. The Morgan fingerprint density at radius 1 is 1.47 bits per heavy atom. The lowest BCUT2D eigenvalue weighted by molar-refractivity contribution is 0.201. The fourth-order valence-electron chi connectivity index (χ4n) is 2.12. The minimum absolute atomic E-state index is 0.144. The van der Waals surface area contributed by atoms with E-state index in [2.05, 4.69) is 17.3 Å². The second-order valence-corrected chi connectivity index (χ2v) is 4.20. The van der Waals surface area contributed by atoms with Gasteiger partial charge in [-0.2, -0.15) is 0 Å². The van der Waals surface area contributed by atoms with Crippen molar-refractivity contribution in [2.45, 2.75) is 13.0 Å². The van der Waals surface area contributed by atoms with Crippen molar-refractivity contribution in [3.05, 3.63) is 35.1 Å². The third-order valence-corrected chi connectivity index (χ3v) is 3.11. The summed E-state index contributed by atoms with van der Waals surface area (Å²) in [6.45, 7) is 4.97. The highest BCUT2D eigenvalue weighted by atomic mass is 19.1. The Morgan fingerprint density at radius 2 is 2.27 bits per heavy atom. The fraction of sp³-hybridized carbons (Fsp3) is 0.500. The summed E-state index contributed by atoms with van der Waals surface area (Å²) in [5.41, 5.74) is 2.27. The molecule has 1 unspecified atom stereocenters. The number of likely N-dealkylation sites (N-methyl/N-ethyl adjacent to an activating group) is 1. The number of rotatable bonds is 1. The van der Waals surface area contributed by atoms with Crippen molar-refractivity contribution in [2.75, 3.05) is 26.7 Å². The first-order valence-electron chi connectivity index (χ1n) is 5.35. The average molecular weight is 208 g/mol. The molecule has 0 aliphatic carbocycles. The van der Waals surface area contributed by atoms with E-state index in [4.69, 9.17) is 0 Å². The first-order valence-corrected chi connectivity index (χ1v) is 5.35. The van der Waals surface area contributed by atoms with Gasteiger partial charge >= 0.3 is 0 Å². The summed E-state index contributed by atoms with van der Waals surface area (Å²) >= 11 is 0. The van der Waals surface area contributed by atoms with Crippen LogP contribution in [0.3, 0.4) is 0 Å². The van der Waals surface area contributed by atoms with E-state index in [1.165, 1.54) is 6.07 Å². The van der Waals surface area contributed by atoms with E-state index in [0.717, 1.165) is 30.8 Å². The summed E-state index contributed by atoms with van der Waals surface area (Å²) in [5.74, 6) is -0.144. The number of nitrogens with zero attached hydrogens (tertiary/aromatic N) is 1. The topological polar surface area (TPSA) is 15.3 Å². The van der Waals surface area contributed by atoms with Gasteiger partial charge in [-0.1, -0.05) is 6.07 Å². The summed E-state index contributed by atoms with van der Waals surface area (Å²) in [6.07, 6.45) is 0. The Kier molecular flexibility index (Phi) is 3.03. The Balaban J connectivity index is 2.30. The van der Waals surface area contributed by atoms with Gasteiger partial charge in [0.25, 0.3) is 0 Å². The van der Waals surface area contributed by atoms with Gasteiger partial charge in [0.2, 0.25) is 0 Å². The largest absolute Gasteiger partial charge is 0.314 e. The molecule has 1 aliphatic rings. The van der Waals surface area contributed by atoms with Gasteiger partial charge in [-0.25, -0.2) is 4.39 Å². The highest BCUT2D eigenvalue weighted by Gasteiger charge is 2.21. The zero-order valence-electron chi connectivity index (χ0n) is 9.26. The van der Waals surface area contributed by atoms with Crippen LogP contribution >= 0.6 is 0 Å². The van der Waals surface area contributed by atoms with E-state index in [0.29, 0.717) is 6.04 Å². The zero-order chi connectivity index (χ0) is 10.8. The van der Waals surface area contributed by atoms with E-state index < -0.39 is 0 Å². The van der Waals surface area contributed by atoms with Crippen LogP contribution in [-0.4, -0.2) is 31.6 Å². The molecule has 82 valence electrons. The molecule has 2 nitrogen and oxygen atoms in total. The molecule has 0 saturated carbocycles. The van der Waals surface area contributed by atoms with Crippen molar-refractivity contribution in [2.24, 2.45) is 0 Å². The summed E-state index contributed by atoms with van der Waals surface area (Å²) in [7, 11) is 2.09. The van der Waals surface area contributed by atoms with Crippen LogP contribution < -0.4 is 5.32 Å². The lowest BCUT2D eigenvalue weighted by Crippen LogP contribution is -2.44. The summed E-state index contributed by atoms with van der Waals surface area (Å²) in [4.78, 5) is 2.28. The van der Waals surface area contributed by atoms with E-state index in [1.807, 2.05) is 13.0 Å². The third kappa shape index (κ3) is 2.19. The van der Waals surface area contributed by atoms with Gasteiger partial charge in [0, 0.05) is 25.7 Å². The molecule has 15 heavy (non-hydrogen) atoms. The Hall–Kier alpha value is -0.930. The quantitative estimate of drug-likeness (QED) is 0.756. The highest BCUT2D eigenvalue weighted by molar-refractivity contribution is 5.30. The Morgan fingerprint density at radius 3 is 3.00 bits per heavy atom. The van der Waals surface area contributed by atoms with Crippen molar-refractivity contribution in [1.29, 1.82) is 0 Å². The van der Waals surface area contributed by atoms with Crippen LogP contribution in [0.1, 0.15) is 17.2 Å². The van der Waals surface area contributed by atoms with Gasteiger partial charge in [0.15, 0.2) is 0 Å². The molecule has 1 fully saturated rings. The smallest absolute Gasteiger partial charge is 0.123 e. The predicted molar refractivity (Wildman–Crippen MR) is 59.4 cm³/mol. The second-order valence-electron chi connectivity index (χ2n) is 4.20. The van der Waals surface area contributed by atoms with Gasteiger partial charge < -0.3 is 5.32 Å². The monoisotopic (exact) mass is 208 g/mol. The molecule has 0 bridgehead atoms. The van der Waals surface area contributed by atoms with Gasteiger partial charge in [0.05, 0.1) is 0 Å². The van der Waals surface area contributed by atoms with Crippen molar-refractivity contribution in [3.63, 3.8) is 0 Å². The predicted octanol–water partition coefficient (Wildman–Crippen LogP) is 1.71. The average Bonchev–Trinajstić information content (AvgIpc) is 2.23. The molecule has 1 N–H and O–H groups in total. The maximum absolute atomic E-state index is 13.2. The minimum atomic E-state index is -0.144. The normalized spacial score (nSPS) is 23.0. The van der Waals surface area contributed by atoms with E-state index in [9.17, 15) is 4.39 Å². The van der Waals surface area contributed by atoms with E-state index in [1.54, 1.807) is 6.07 Å². The Labute approximate surface area is 90.1 Å². The van der Waals surface area contributed by atoms with Crippen LogP contribution in [0.15, 0.2) is 18.2 Å². The molecule has 2 rings (SSSR count). The molecule has 1 aromatic rings. The van der Waals surface area contributed by atoms with Crippen LogP contribution in [0, 0.1) is 12.7 Å². The molecule has 0 aromatic heterocycles. The fourth-order valence-corrected chi connectivity index (χ4v) is 2.12. The summed E-state index contributed by atoms with van der Waals surface area (Å²) in [5, 5.41) is 3.35.